The maximum atomic E-state index is 4.10. The Labute approximate surface area is 79.5 Å². The van der Waals surface area contributed by atoms with Gasteiger partial charge in [0.1, 0.15) is 0 Å². The third-order valence-corrected chi connectivity index (χ3v) is 1.45. The van der Waals surface area contributed by atoms with E-state index in [1.165, 1.54) is 0 Å². The largest absolute Gasteiger partial charge is 0.143 e. The van der Waals surface area contributed by atoms with Crippen LogP contribution in [0.3, 0.4) is 0 Å². The molecule has 0 bridgehead atoms. The van der Waals surface area contributed by atoms with Gasteiger partial charge >= 0.3 is 0 Å². The number of hydrogen-bond acceptors (Lipinski definition) is 2. The van der Waals surface area contributed by atoms with E-state index in [9.17, 15) is 0 Å². The molecule has 0 aliphatic carbocycles. The van der Waals surface area contributed by atoms with Crippen molar-refractivity contribution in [2.24, 2.45) is 0 Å². The predicted molar refractivity (Wildman–Crippen MR) is 40.9 cm³/mol. The molecule has 52 valence electrons. The molecule has 0 spiro atoms. The predicted octanol–water partition coefficient (Wildman–Crippen LogP) is 2.26. The molecule has 1 aromatic carbocycles. The van der Waals surface area contributed by atoms with Crippen LogP contribution in [0.1, 0.15) is 0 Å². The Hall–Kier alpha value is 0.582. The van der Waals surface area contributed by atoms with Gasteiger partial charge in [0.05, 0.1) is 0 Å². The molecule has 0 aliphatic heterocycles. The van der Waals surface area contributed by atoms with Crippen LogP contribution in [0.25, 0.3) is 0 Å². The average molecular weight is 249 g/mol. The second-order valence-corrected chi connectivity index (χ2v) is 2.55. The van der Waals surface area contributed by atoms with Crippen molar-refractivity contribution >= 4 is 25.3 Å². The zero-order chi connectivity index (χ0) is 5.98. The standard InChI is InChI=1S/C6H6S2.Pd/c7-5-1-2-6(8)4-3-5;/h1-4,7-8H;. The fraction of sp³-hybridized carbons (Fsp3) is 0. The van der Waals surface area contributed by atoms with E-state index in [0.29, 0.717) is 0 Å². The summed E-state index contributed by atoms with van der Waals surface area (Å²) < 4.78 is 0. The van der Waals surface area contributed by atoms with Crippen LogP contribution in [0.2, 0.25) is 0 Å². The van der Waals surface area contributed by atoms with Gasteiger partial charge < -0.3 is 0 Å². The topological polar surface area (TPSA) is 0 Å². The average Bonchev–Trinajstić information content (AvgIpc) is 1.77. The van der Waals surface area contributed by atoms with E-state index in [1.54, 1.807) is 0 Å². The van der Waals surface area contributed by atoms with Crippen LogP contribution in [0, 0.1) is 0 Å². The van der Waals surface area contributed by atoms with Gasteiger partial charge in [-0.1, -0.05) is 0 Å². The molecular formula is C6H6PdS2. The minimum Gasteiger partial charge on any atom is -0.143 e. The number of rotatable bonds is 0. The fourth-order valence-electron chi connectivity index (χ4n) is 0.453. The Kier molecular flexibility index (Phi) is 4.69. The Balaban J connectivity index is 0.000000640. The molecule has 0 N–H and O–H groups in total. The number of thiol groups is 2. The molecule has 0 amide bonds. The first-order valence-electron chi connectivity index (χ1n) is 2.27. The Morgan fingerprint density at radius 2 is 1.00 bits per heavy atom. The molecule has 1 aromatic rings. The number of benzene rings is 1. The first kappa shape index (κ1) is 9.58. The summed E-state index contributed by atoms with van der Waals surface area (Å²) in [5.41, 5.74) is 0. The van der Waals surface area contributed by atoms with E-state index >= 15 is 0 Å². The third kappa shape index (κ3) is 3.32. The summed E-state index contributed by atoms with van der Waals surface area (Å²) in [6.45, 7) is 0. The van der Waals surface area contributed by atoms with Crippen LogP contribution in [-0.4, -0.2) is 0 Å². The van der Waals surface area contributed by atoms with Crippen LogP contribution >= 0.6 is 25.3 Å². The van der Waals surface area contributed by atoms with Crippen molar-refractivity contribution in [3.63, 3.8) is 0 Å². The zero-order valence-corrected chi connectivity index (χ0v) is 7.86. The van der Waals surface area contributed by atoms with Crippen molar-refractivity contribution in [3.8, 4) is 0 Å². The van der Waals surface area contributed by atoms with Gasteiger partial charge in [-0.25, -0.2) is 0 Å². The van der Waals surface area contributed by atoms with Gasteiger partial charge in [-0.3, -0.25) is 0 Å². The smallest absolute Gasteiger partial charge is 0.00407 e. The molecule has 0 nitrogen and oxygen atoms in total. The van der Waals surface area contributed by atoms with Gasteiger partial charge in [-0.2, -0.15) is 0 Å². The third-order valence-electron chi connectivity index (χ3n) is 0.850. The fourth-order valence-corrected chi connectivity index (χ4v) is 0.751. The van der Waals surface area contributed by atoms with Gasteiger partial charge in [0.15, 0.2) is 0 Å². The summed E-state index contributed by atoms with van der Waals surface area (Å²) in [7, 11) is 0. The van der Waals surface area contributed by atoms with Gasteiger partial charge in [-0.15, -0.1) is 25.3 Å². The molecular weight excluding hydrogens is 243 g/mol. The molecule has 3 heteroatoms. The minimum atomic E-state index is 0. The van der Waals surface area contributed by atoms with Crippen LogP contribution < -0.4 is 0 Å². The molecule has 0 atom stereocenters. The maximum Gasteiger partial charge on any atom is 0.00407 e. The summed E-state index contributed by atoms with van der Waals surface area (Å²) in [5, 5.41) is 0. The maximum absolute atomic E-state index is 4.10. The molecule has 0 aromatic heterocycles. The second kappa shape index (κ2) is 4.41. The molecule has 0 saturated heterocycles. The van der Waals surface area contributed by atoms with Crippen LogP contribution in [0.5, 0.6) is 0 Å². The summed E-state index contributed by atoms with van der Waals surface area (Å²) in [6, 6.07) is 7.63. The molecule has 0 fully saturated rings. The van der Waals surface area contributed by atoms with Crippen molar-refractivity contribution < 1.29 is 20.4 Å². The second-order valence-electron chi connectivity index (χ2n) is 1.52. The quantitative estimate of drug-likeness (QED) is 0.511. The van der Waals surface area contributed by atoms with Gasteiger partial charge in [0, 0.05) is 30.2 Å². The first-order valence-corrected chi connectivity index (χ1v) is 3.16. The summed E-state index contributed by atoms with van der Waals surface area (Å²) in [4.78, 5) is 1.95. The summed E-state index contributed by atoms with van der Waals surface area (Å²) >= 11 is 8.20. The Bertz CT molecular complexity index is 150. The van der Waals surface area contributed by atoms with Crippen molar-refractivity contribution in [2.75, 3.05) is 0 Å². The van der Waals surface area contributed by atoms with E-state index in [1.807, 2.05) is 24.3 Å². The molecule has 9 heavy (non-hydrogen) atoms. The monoisotopic (exact) mass is 248 g/mol. The molecule has 1 rings (SSSR count). The molecule has 0 heterocycles. The zero-order valence-electron chi connectivity index (χ0n) is 4.52. The minimum absolute atomic E-state index is 0. The summed E-state index contributed by atoms with van der Waals surface area (Å²) in [5.74, 6) is 0. The normalized spacial score (nSPS) is 8.22. The molecule has 0 aliphatic rings. The first-order chi connectivity index (χ1) is 3.79. The van der Waals surface area contributed by atoms with Gasteiger partial charge in [-0.05, 0) is 24.3 Å². The summed E-state index contributed by atoms with van der Waals surface area (Å²) in [6.07, 6.45) is 0. The van der Waals surface area contributed by atoms with E-state index < -0.39 is 0 Å². The van der Waals surface area contributed by atoms with Crippen molar-refractivity contribution in [3.05, 3.63) is 24.3 Å². The van der Waals surface area contributed by atoms with E-state index in [4.69, 9.17) is 0 Å². The molecule has 0 radical (unpaired) electrons. The van der Waals surface area contributed by atoms with Crippen molar-refractivity contribution in [1.29, 1.82) is 0 Å². The Morgan fingerprint density at radius 1 is 0.778 bits per heavy atom. The van der Waals surface area contributed by atoms with E-state index in [-0.39, 0.29) is 20.4 Å². The molecule has 0 saturated carbocycles. The van der Waals surface area contributed by atoms with Gasteiger partial charge in [0.2, 0.25) is 0 Å². The van der Waals surface area contributed by atoms with E-state index in [2.05, 4.69) is 25.3 Å². The number of hydrogen-bond donors (Lipinski definition) is 2. The Morgan fingerprint density at radius 3 is 1.22 bits per heavy atom. The SMILES string of the molecule is Sc1ccc(S)cc1.[Pd]. The van der Waals surface area contributed by atoms with Gasteiger partial charge in [0.25, 0.3) is 0 Å². The van der Waals surface area contributed by atoms with Crippen LogP contribution in [-0.2, 0) is 20.4 Å². The van der Waals surface area contributed by atoms with Crippen LogP contribution in [0.15, 0.2) is 34.1 Å². The van der Waals surface area contributed by atoms with Crippen molar-refractivity contribution in [1.82, 2.24) is 0 Å². The van der Waals surface area contributed by atoms with E-state index in [0.717, 1.165) is 9.79 Å². The van der Waals surface area contributed by atoms with Crippen LogP contribution in [0.4, 0.5) is 0 Å². The molecule has 0 unspecified atom stereocenters. The van der Waals surface area contributed by atoms with Crippen molar-refractivity contribution in [2.45, 2.75) is 9.79 Å².